The summed E-state index contributed by atoms with van der Waals surface area (Å²) in [6, 6.07) is 0. The van der Waals surface area contributed by atoms with Crippen molar-refractivity contribution >= 4 is 11.9 Å². The third-order valence-electron chi connectivity index (χ3n) is 2.85. The monoisotopic (exact) mass is 334 g/mol. The molecule has 0 aliphatic carbocycles. The molecular formula is C16H30O7. The highest BCUT2D eigenvalue weighted by Crippen LogP contribution is 1.99. The fourth-order valence-electron chi connectivity index (χ4n) is 1.63. The van der Waals surface area contributed by atoms with Crippen LogP contribution in [0.2, 0.25) is 0 Å². The number of carbonyl (C=O) groups excluding carboxylic acids is 2. The second kappa shape index (κ2) is 15.7. The van der Waals surface area contributed by atoms with Gasteiger partial charge in [-0.1, -0.05) is 13.8 Å². The second-order valence-corrected chi connectivity index (χ2v) is 5.14. The highest BCUT2D eigenvalue weighted by atomic mass is 16.6. The van der Waals surface area contributed by atoms with Crippen LogP contribution in [0.25, 0.3) is 0 Å². The number of ether oxygens (including phenoxy) is 4. The molecule has 0 saturated carbocycles. The first-order valence-electron chi connectivity index (χ1n) is 8.21. The third-order valence-corrected chi connectivity index (χ3v) is 2.85. The summed E-state index contributed by atoms with van der Waals surface area (Å²) in [5.74, 6) is -0.612. The smallest absolute Gasteiger partial charge is 0.305 e. The highest BCUT2D eigenvalue weighted by molar-refractivity contribution is 5.69. The Hall–Kier alpha value is -1.18. The lowest BCUT2D eigenvalue weighted by Crippen LogP contribution is -2.23. The molecule has 136 valence electrons. The van der Waals surface area contributed by atoms with E-state index in [1.54, 1.807) is 0 Å². The molecule has 0 spiro atoms. The zero-order valence-corrected chi connectivity index (χ0v) is 14.3. The predicted molar refractivity (Wildman–Crippen MR) is 83.9 cm³/mol. The zero-order valence-electron chi connectivity index (χ0n) is 14.3. The molecule has 0 aliphatic heterocycles. The largest absolute Gasteiger partial charge is 0.463 e. The number of carbonyl (C=O) groups is 2. The fraction of sp³-hybridized carbons (Fsp3) is 0.875. The van der Waals surface area contributed by atoms with Crippen LogP contribution in [-0.4, -0.2) is 63.3 Å². The van der Waals surface area contributed by atoms with Crippen LogP contribution in [0.4, 0.5) is 0 Å². The topological polar surface area (TPSA) is 91.3 Å². The molecule has 0 aromatic carbocycles. The van der Waals surface area contributed by atoms with E-state index in [1.807, 2.05) is 13.8 Å². The average Bonchev–Trinajstić information content (AvgIpc) is 2.52. The van der Waals surface area contributed by atoms with Gasteiger partial charge in [0.15, 0.2) is 0 Å². The van der Waals surface area contributed by atoms with Gasteiger partial charge >= 0.3 is 11.9 Å². The van der Waals surface area contributed by atoms with E-state index in [4.69, 9.17) is 18.9 Å². The predicted octanol–water partition coefficient (Wildman–Crippen LogP) is 1.31. The van der Waals surface area contributed by atoms with E-state index >= 15 is 0 Å². The Morgan fingerprint density at radius 2 is 1.26 bits per heavy atom. The van der Waals surface area contributed by atoms with Gasteiger partial charge in [-0.25, -0.2) is 0 Å². The van der Waals surface area contributed by atoms with Crippen LogP contribution in [0.1, 0.15) is 39.5 Å². The van der Waals surface area contributed by atoms with Crippen LogP contribution in [0.3, 0.4) is 0 Å². The van der Waals surface area contributed by atoms with Crippen molar-refractivity contribution in [3.8, 4) is 0 Å². The molecule has 0 radical (unpaired) electrons. The number of aliphatic hydroxyl groups is 1. The molecule has 0 saturated heterocycles. The van der Waals surface area contributed by atoms with Gasteiger partial charge in [0.1, 0.15) is 13.2 Å². The maximum Gasteiger partial charge on any atom is 0.305 e. The van der Waals surface area contributed by atoms with Crippen molar-refractivity contribution in [2.24, 2.45) is 5.92 Å². The summed E-state index contributed by atoms with van der Waals surface area (Å²) in [6.45, 7) is 5.40. The van der Waals surface area contributed by atoms with Crippen LogP contribution < -0.4 is 0 Å². The first kappa shape index (κ1) is 21.8. The lowest BCUT2D eigenvalue weighted by Gasteiger charge is -2.15. The van der Waals surface area contributed by atoms with E-state index in [2.05, 4.69) is 0 Å². The summed E-state index contributed by atoms with van der Waals surface area (Å²) in [5.41, 5.74) is 0. The quantitative estimate of drug-likeness (QED) is 0.357. The average molecular weight is 334 g/mol. The number of hydrogen-bond acceptors (Lipinski definition) is 7. The van der Waals surface area contributed by atoms with Gasteiger partial charge in [0.05, 0.1) is 33.0 Å². The molecule has 0 amide bonds. The molecular weight excluding hydrogens is 304 g/mol. The molecule has 0 rings (SSSR count). The molecule has 0 atom stereocenters. The minimum atomic E-state index is -0.226. The van der Waals surface area contributed by atoms with Crippen molar-refractivity contribution in [2.75, 3.05) is 46.2 Å². The van der Waals surface area contributed by atoms with Gasteiger partial charge in [0.25, 0.3) is 0 Å². The maximum atomic E-state index is 11.1. The van der Waals surface area contributed by atoms with Crippen molar-refractivity contribution < 1.29 is 33.6 Å². The summed E-state index contributed by atoms with van der Waals surface area (Å²) in [6.07, 6.45) is 2.35. The number of hydrogen-bond donors (Lipinski definition) is 1. The lowest BCUT2D eigenvalue weighted by molar-refractivity contribution is -0.145. The van der Waals surface area contributed by atoms with E-state index in [0.29, 0.717) is 39.3 Å². The standard InChI is InChI=1S/C16H30O7/c1-3-5-15(18)22-9-7-20-12-14(11-17)13-21-8-10-23-16(19)6-4-2/h14,17H,3-13H2,1-2H3. The zero-order chi connectivity index (χ0) is 17.3. The van der Waals surface area contributed by atoms with Crippen molar-refractivity contribution in [3.05, 3.63) is 0 Å². The summed E-state index contributed by atoms with van der Waals surface area (Å²) in [4.78, 5) is 22.2. The molecule has 0 aromatic rings. The molecule has 23 heavy (non-hydrogen) atoms. The van der Waals surface area contributed by atoms with E-state index in [0.717, 1.165) is 12.8 Å². The lowest BCUT2D eigenvalue weighted by atomic mass is 10.2. The van der Waals surface area contributed by atoms with Crippen LogP contribution >= 0.6 is 0 Å². The Morgan fingerprint density at radius 3 is 1.61 bits per heavy atom. The second-order valence-electron chi connectivity index (χ2n) is 5.14. The maximum absolute atomic E-state index is 11.1. The van der Waals surface area contributed by atoms with E-state index in [-0.39, 0.29) is 37.7 Å². The van der Waals surface area contributed by atoms with Gasteiger partial charge in [-0.05, 0) is 12.8 Å². The Balaban J connectivity index is 3.52. The molecule has 0 heterocycles. The molecule has 0 aliphatic rings. The van der Waals surface area contributed by atoms with E-state index < -0.39 is 0 Å². The number of esters is 2. The van der Waals surface area contributed by atoms with Crippen LogP contribution in [-0.2, 0) is 28.5 Å². The molecule has 7 nitrogen and oxygen atoms in total. The Bertz CT molecular complexity index is 279. The van der Waals surface area contributed by atoms with Gasteiger partial charge in [-0.15, -0.1) is 0 Å². The third kappa shape index (κ3) is 14.2. The Morgan fingerprint density at radius 1 is 0.826 bits per heavy atom. The minimum Gasteiger partial charge on any atom is -0.463 e. The van der Waals surface area contributed by atoms with Crippen LogP contribution in [0.15, 0.2) is 0 Å². The fourth-order valence-corrected chi connectivity index (χ4v) is 1.63. The molecule has 0 unspecified atom stereocenters. The van der Waals surface area contributed by atoms with Gasteiger partial charge in [0, 0.05) is 18.8 Å². The molecule has 1 N–H and O–H groups in total. The normalized spacial score (nSPS) is 10.8. The van der Waals surface area contributed by atoms with Gasteiger partial charge < -0.3 is 24.1 Å². The van der Waals surface area contributed by atoms with Crippen molar-refractivity contribution in [1.29, 1.82) is 0 Å². The summed E-state index contributed by atoms with van der Waals surface area (Å²) >= 11 is 0. The van der Waals surface area contributed by atoms with Crippen molar-refractivity contribution in [3.63, 3.8) is 0 Å². The molecule has 0 aromatic heterocycles. The van der Waals surface area contributed by atoms with Crippen LogP contribution in [0.5, 0.6) is 0 Å². The van der Waals surface area contributed by atoms with E-state index in [9.17, 15) is 14.7 Å². The number of aliphatic hydroxyl groups excluding tert-OH is 1. The van der Waals surface area contributed by atoms with Gasteiger partial charge in [-0.2, -0.15) is 0 Å². The Kier molecular flexibility index (Phi) is 14.9. The Labute approximate surface area is 138 Å². The molecule has 0 fully saturated rings. The first-order chi connectivity index (χ1) is 11.1. The summed E-state index contributed by atoms with van der Waals surface area (Å²) in [5, 5.41) is 9.22. The van der Waals surface area contributed by atoms with Gasteiger partial charge in [-0.3, -0.25) is 9.59 Å². The van der Waals surface area contributed by atoms with Crippen LogP contribution in [0, 0.1) is 5.92 Å². The van der Waals surface area contributed by atoms with Gasteiger partial charge in [0.2, 0.25) is 0 Å². The molecule has 0 bridgehead atoms. The summed E-state index contributed by atoms with van der Waals surface area (Å²) in [7, 11) is 0. The molecule has 7 heteroatoms. The van der Waals surface area contributed by atoms with Crippen molar-refractivity contribution in [2.45, 2.75) is 39.5 Å². The van der Waals surface area contributed by atoms with E-state index in [1.165, 1.54) is 0 Å². The first-order valence-corrected chi connectivity index (χ1v) is 8.21. The SMILES string of the molecule is CCCC(=O)OCCOCC(CO)COCCOC(=O)CCC. The summed E-state index contributed by atoms with van der Waals surface area (Å²) < 4.78 is 20.6. The minimum absolute atomic E-state index is 0.0642. The van der Waals surface area contributed by atoms with Crippen molar-refractivity contribution in [1.82, 2.24) is 0 Å². The highest BCUT2D eigenvalue weighted by Gasteiger charge is 2.09. The number of rotatable bonds is 15.